The van der Waals surface area contributed by atoms with E-state index in [1.807, 2.05) is 0 Å². The Labute approximate surface area is 168 Å². The van der Waals surface area contributed by atoms with Crippen LogP contribution in [0.4, 0.5) is 5.69 Å². The van der Waals surface area contributed by atoms with Crippen LogP contribution in [0, 0.1) is 0 Å². The van der Waals surface area contributed by atoms with E-state index < -0.39 is 11.9 Å². The second kappa shape index (κ2) is 7.67. The van der Waals surface area contributed by atoms with E-state index in [0.717, 1.165) is 11.3 Å². The minimum atomic E-state index is -0.664. The van der Waals surface area contributed by atoms with Gasteiger partial charge in [-0.3, -0.25) is 9.59 Å². The molecule has 4 N–H and O–H groups in total. The fourth-order valence-corrected chi connectivity index (χ4v) is 3.79. The number of hydrogen-bond acceptors (Lipinski definition) is 7. The van der Waals surface area contributed by atoms with Crippen molar-refractivity contribution in [3.05, 3.63) is 38.9 Å². The van der Waals surface area contributed by atoms with Gasteiger partial charge in [0.05, 0.1) is 33.4 Å². The molecule has 0 spiro atoms. The second-order valence-corrected chi connectivity index (χ2v) is 7.30. The number of fused-ring (bicyclic) bond motifs is 1. The Kier molecular flexibility index (Phi) is 5.50. The molecule has 2 aromatic heterocycles. The summed E-state index contributed by atoms with van der Waals surface area (Å²) in [7, 11) is 0. The number of halogens is 2. The van der Waals surface area contributed by atoms with Crippen molar-refractivity contribution in [2.75, 3.05) is 12.3 Å². The number of nitrogens with two attached hydrogens (primary N) is 2. The maximum absolute atomic E-state index is 11.8. The Morgan fingerprint density at radius 3 is 2.59 bits per heavy atom. The van der Waals surface area contributed by atoms with E-state index in [1.54, 1.807) is 25.1 Å². The van der Waals surface area contributed by atoms with Crippen molar-refractivity contribution in [3.63, 3.8) is 0 Å². The number of carbonyl (C=O) groups is 2. The highest BCUT2D eigenvalue weighted by Crippen LogP contribution is 2.39. The predicted molar refractivity (Wildman–Crippen MR) is 106 cm³/mol. The molecule has 0 aliphatic carbocycles. The number of nitrogens with zero attached hydrogens (tertiary/aromatic N) is 2. The largest absolute Gasteiger partial charge is 0.466 e. The van der Waals surface area contributed by atoms with E-state index in [-0.39, 0.29) is 29.4 Å². The molecular formula is C17H14Cl2N4O3S. The maximum atomic E-state index is 11.8. The average Bonchev–Trinajstić information content (AvgIpc) is 2.94. The Balaban J connectivity index is 2.25. The first-order chi connectivity index (χ1) is 12.8. The van der Waals surface area contributed by atoms with Crippen LogP contribution in [0.1, 0.15) is 22.4 Å². The van der Waals surface area contributed by atoms with Gasteiger partial charge in [-0.25, -0.2) is 9.97 Å². The lowest BCUT2D eigenvalue weighted by atomic mass is 10.1. The molecule has 27 heavy (non-hydrogen) atoms. The van der Waals surface area contributed by atoms with Crippen LogP contribution in [-0.2, 0) is 16.0 Å². The van der Waals surface area contributed by atoms with Crippen molar-refractivity contribution in [1.82, 2.24) is 9.97 Å². The topological polar surface area (TPSA) is 121 Å². The lowest BCUT2D eigenvalue weighted by Gasteiger charge is -2.08. The minimum absolute atomic E-state index is 0.123. The highest BCUT2D eigenvalue weighted by Gasteiger charge is 2.22. The molecule has 0 saturated heterocycles. The summed E-state index contributed by atoms with van der Waals surface area (Å²) in [4.78, 5) is 32.9. The molecule has 2 heterocycles. The number of primary amides is 1. The van der Waals surface area contributed by atoms with E-state index in [4.69, 9.17) is 39.4 Å². The number of thiophene rings is 1. The Hall–Kier alpha value is -2.42. The van der Waals surface area contributed by atoms with Crippen LogP contribution in [0.3, 0.4) is 0 Å². The number of anilines is 1. The summed E-state index contributed by atoms with van der Waals surface area (Å²) in [5.41, 5.74) is 12.8. The van der Waals surface area contributed by atoms with Gasteiger partial charge >= 0.3 is 5.97 Å². The fraction of sp³-hybridized carbons (Fsp3) is 0.176. The number of benzene rings is 1. The van der Waals surface area contributed by atoms with Gasteiger partial charge in [-0.2, -0.15) is 0 Å². The molecule has 0 saturated carbocycles. The third-order valence-electron chi connectivity index (χ3n) is 3.66. The summed E-state index contributed by atoms with van der Waals surface area (Å²) in [5.74, 6) is -0.890. The molecule has 0 atom stereocenters. The summed E-state index contributed by atoms with van der Waals surface area (Å²) < 4.78 is 4.95. The van der Waals surface area contributed by atoms with Crippen LogP contribution in [0.15, 0.2) is 18.2 Å². The first-order valence-electron chi connectivity index (χ1n) is 7.81. The van der Waals surface area contributed by atoms with Gasteiger partial charge in [-0.05, 0) is 19.1 Å². The molecule has 0 unspecified atom stereocenters. The van der Waals surface area contributed by atoms with Crippen LogP contribution < -0.4 is 11.5 Å². The molecule has 0 aliphatic heterocycles. The smallest absolute Gasteiger partial charge is 0.313 e. The number of nitrogen functional groups attached to an aromatic ring is 1. The standard InChI is InChI=1S/C17H14Cl2N4O3S/c1-2-26-11(24)6-10-22-14(7-3-4-8(18)9(19)5-7)12-13(20)15(16(21)25)27-17(12)23-10/h3-5H,2,6,20H2,1H3,(H2,21,25). The van der Waals surface area contributed by atoms with Crippen molar-refractivity contribution in [2.45, 2.75) is 13.3 Å². The summed E-state index contributed by atoms with van der Waals surface area (Å²) in [6, 6.07) is 4.96. The summed E-state index contributed by atoms with van der Waals surface area (Å²) in [6.45, 7) is 1.96. The van der Waals surface area contributed by atoms with Crippen LogP contribution in [0.5, 0.6) is 0 Å². The molecule has 3 rings (SSSR count). The monoisotopic (exact) mass is 424 g/mol. The normalized spacial score (nSPS) is 10.9. The van der Waals surface area contributed by atoms with Crippen molar-refractivity contribution < 1.29 is 14.3 Å². The molecule has 0 bridgehead atoms. The molecule has 140 valence electrons. The van der Waals surface area contributed by atoms with Crippen LogP contribution in [0.25, 0.3) is 21.5 Å². The molecule has 10 heteroatoms. The van der Waals surface area contributed by atoms with Crippen molar-refractivity contribution in [1.29, 1.82) is 0 Å². The molecular weight excluding hydrogens is 411 g/mol. The van der Waals surface area contributed by atoms with Gasteiger partial charge in [0.25, 0.3) is 5.91 Å². The molecule has 1 aromatic carbocycles. The van der Waals surface area contributed by atoms with E-state index in [1.165, 1.54) is 0 Å². The number of rotatable bonds is 5. The lowest BCUT2D eigenvalue weighted by Crippen LogP contribution is -2.11. The molecule has 0 aliphatic rings. The second-order valence-electron chi connectivity index (χ2n) is 5.49. The van der Waals surface area contributed by atoms with Gasteiger partial charge in [0.1, 0.15) is 22.0 Å². The van der Waals surface area contributed by atoms with E-state index in [9.17, 15) is 9.59 Å². The highest BCUT2D eigenvalue weighted by molar-refractivity contribution is 7.21. The van der Waals surface area contributed by atoms with Gasteiger partial charge in [-0.15, -0.1) is 11.3 Å². The Morgan fingerprint density at radius 1 is 1.22 bits per heavy atom. The van der Waals surface area contributed by atoms with Gasteiger partial charge < -0.3 is 16.2 Å². The SMILES string of the molecule is CCOC(=O)Cc1nc(-c2ccc(Cl)c(Cl)c2)c2c(N)c(C(N)=O)sc2n1. The van der Waals surface area contributed by atoms with E-state index in [0.29, 0.717) is 31.5 Å². The van der Waals surface area contributed by atoms with Crippen LogP contribution in [-0.4, -0.2) is 28.5 Å². The average molecular weight is 425 g/mol. The van der Waals surface area contributed by atoms with Crippen molar-refractivity contribution in [3.8, 4) is 11.3 Å². The first kappa shape index (κ1) is 19.3. The molecule has 1 amide bonds. The summed E-state index contributed by atoms with van der Waals surface area (Å²) in [6.07, 6.45) is -0.123. The molecule has 0 fully saturated rings. The fourth-order valence-electron chi connectivity index (χ4n) is 2.52. The number of hydrogen-bond donors (Lipinski definition) is 2. The first-order valence-corrected chi connectivity index (χ1v) is 9.38. The third-order valence-corrected chi connectivity index (χ3v) is 5.51. The van der Waals surface area contributed by atoms with Crippen molar-refractivity contribution >= 4 is 62.3 Å². The quantitative estimate of drug-likeness (QED) is 0.604. The Bertz CT molecular complexity index is 1070. The minimum Gasteiger partial charge on any atom is -0.466 e. The van der Waals surface area contributed by atoms with Gasteiger partial charge in [0, 0.05) is 5.56 Å². The predicted octanol–water partition coefficient (Wildman–Crippen LogP) is 3.45. The van der Waals surface area contributed by atoms with E-state index in [2.05, 4.69) is 9.97 Å². The van der Waals surface area contributed by atoms with Gasteiger partial charge in [-0.1, -0.05) is 29.3 Å². The lowest BCUT2D eigenvalue weighted by molar-refractivity contribution is -0.142. The third kappa shape index (κ3) is 3.83. The summed E-state index contributed by atoms with van der Waals surface area (Å²) >= 11 is 13.2. The number of aromatic nitrogens is 2. The van der Waals surface area contributed by atoms with Crippen molar-refractivity contribution in [2.24, 2.45) is 5.73 Å². The Morgan fingerprint density at radius 2 is 1.96 bits per heavy atom. The molecule has 3 aromatic rings. The molecule has 7 nitrogen and oxygen atoms in total. The van der Waals surface area contributed by atoms with Crippen LogP contribution in [0.2, 0.25) is 10.0 Å². The number of amides is 1. The highest BCUT2D eigenvalue weighted by atomic mass is 35.5. The number of carbonyl (C=O) groups excluding carboxylic acids is 2. The number of ether oxygens (including phenoxy) is 1. The van der Waals surface area contributed by atoms with Crippen LogP contribution >= 0.6 is 34.5 Å². The van der Waals surface area contributed by atoms with E-state index >= 15 is 0 Å². The van der Waals surface area contributed by atoms with Gasteiger partial charge in [0.2, 0.25) is 0 Å². The number of esters is 1. The molecule has 0 radical (unpaired) electrons. The van der Waals surface area contributed by atoms with Gasteiger partial charge in [0.15, 0.2) is 0 Å². The zero-order valence-electron chi connectivity index (χ0n) is 14.1. The maximum Gasteiger partial charge on any atom is 0.313 e. The summed E-state index contributed by atoms with van der Waals surface area (Å²) in [5, 5.41) is 1.19. The zero-order valence-corrected chi connectivity index (χ0v) is 16.4. The zero-order chi connectivity index (χ0) is 19.7.